The maximum Gasteiger partial charge on any atom is 0.211 e. The molecule has 1 unspecified atom stereocenters. The van der Waals surface area contributed by atoms with Crippen molar-refractivity contribution in [2.45, 2.75) is 53.0 Å². The van der Waals surface area contributed by atoms with Gasteiger partial charge in [-0.2, -0.15) is 0 Å². The summed E-state index contributed by atoms with van der Waals surface area (Å²) in [6, 6.07) is 0.352. The normalized spacial score (nSPS) is 13.6. The van der Waals surface area contributed by atoms with E-state index in [1.165, 1.54) is 10.6 Å². The van der Waals surface area contributed by atoms with Crippen molar-refractivity contribution in [2.75, 3.05) is 52.6 Å². The van der Waals surface area contributed by atoms with E-state index in [-0.39, 0.29) is 24.0 Å². The van der Waals surface area contributed by atoms with Crippen LogP contribution in [0.1, 0.15) is 47.0 Å². The van der Waals surface area contributed by atoms with Gasteiger partial charge in [0.15, 0.2) is 5.96 Å². The topological polar surface area (TPSA) is 77.0 Å². The third-order valence-electron chi connectivity index (χ3n) is 4.31. The summed E-state index contributed by atoms with van der Waals surface area (Å²) >= 11 is 0. The third kappa shape index (κ3) is 13.1. The molecule has 0 spiro atoms. The lowest BCUT2D eigenvalue weighted by molar-refractivity contribution is 0.292. The molecule has 0 fully saturated rings. The van der Waals surface area contributed by atoms with Crippen LogP contribution in [-0.4, -0.2) is 82.2 Å². The largest absolute Gasteiger partial charge is 0.356 e. The molecular weight excluding hydrogens is 465 g/mol. The molecular formula is C17H40IN5O2S. The van der Waals surface area contributed by atoms with Crippen LogP contribution in [-0.2, 0) is 10.0 Å². The molecule has 1 atom stereocenters. The zero-order valence-electron chi connectivity index (χ0n) is 17.4. The lowest BCUT2D eigenvalue weighted by Crippen LogP contribution is -2.43. The maximum absolute atomic E-state index is 11.5. The lowest BCUT2D eigenvalue weighted by atomic mass is 10.2. The van der Waals surface area contributed by atoms with Crippen LogP contribution in [0, 0.1) is 0 Å². The summed E-state index contributed by atoms with van der Waals surface area (Å²) in [5.74, 6) is 0.776. The average molecular weight is 506 g/mol. The second kappa shape index (κ2) is 15.9. The van der Waals surface area contributed by atoms with Gasteiger partial charge in [-0.25, -0.2) is 12.7 Å². The van der Waals surface area contributed by atoms with E-state index in [9.17, 15) is 8.42 Å². The van der Waals surface area contributed by atoms with E-state index in [0.29, 0.717) is 25.7 Å². The molecule has 26 heavy (non-hydrogen) atoms. The van der Waals surface area contributed by atoms with Crippen molar-refractivity contribution in [3.63, 3.8) is 0 Å². The number of guanidine groups is 1. The fraction of sp³-hybridized carbons (Fsp3) is 0.941. The first-order valence-corrected chi connectivity index (χ1v) is 11.3. The molecule has 0 aliphatic heterocycles. The maximum atomic E-state index is 11.5. The van der Waals surface area contributed by atoms with Crippen LogP contribution in [0.5, 0.6) is 0 Å². The molecule has 158 valence electrons. The first-order valence-electron chi connectivity index (χ1n) is 9.43. The van der Waals surface area contributed by atoms with Gasteiger partial charge >= 0.3 is 0 Å². The van der Waals surface area contributed by atoms with Crippen molar-refractivity contribution in [1.82, 2.24) is 19.8 Å². The van der Waals surface area contributed by atoms with Gasteiger partial charge in [0.1, 0.15) is 0 Å². The minimum Gasteiger partial charge on any atom is -0.356 e. The Balaban J connectivity index is 0. The van der Waals surface area contributed by atoms with Crippen molar-refractivity contribution < 1.29 is 8.42 Å². The van der Waals surface area contributed by atoms with Gasteiger partial charge in [0, 0.05) is 32.7 Å². The van der Waals surface area contributed by atoms with E-state index in [4.69, 9.17) is 0 Å². The lowest BCUT2D eigenvalue weighted by Gasteiger charge is -2.21. The minimum absolute atomic E-state index is 0. The van der Waals surface area contributed by atoms with Crippen LogP contribution < -0.4 is 10.6 Å². The van der Waals surface area contributed by atoms with Gasteiger partial charge in [0.2, 0.25) is 10.0 Å². The van der Waals surface area contributed by atoms with Crippen LogP contribution in [0.15, 0.2) is 4.99 Å². The summed E-state index contributed by atoms with van der Waals surface area (Å²) in [4.78, 5) is 6.67. The highest BCUT2D eigenvalue weighted by atomic mass is 127. The van der Waals surface area contributed by atoms with Gasteiger partial charge in [0.25, 0.3) is 0 Å². The summed E-state index contributed by atoms with van der Waals surface area (Å²) in [6.07, 6.45) is 4.25. The number of nitrogens with one attached hydrogen (secondary N) is 2. The summed E-state index contributed by atoms with van der Waals surface area (Å²) in [7, 11) is -1.35. The number of rotatable bonds is 13. The Morgan fingerprint density at radius 2 is 1.69 bits per heavy atom. The Morgan fingerprint density at radius 3 is 2.15 bits per heavy atom. The number of halogens is 1. The van der Waals surface area contributed by atoms with E-state index < -0.39 is 10.0 Å². The monoisotopic (exact) mass is 505 g/mol. The predicted molar refractivity (Wildman–Crippen MR) is 123 cm³/mol. The van der Waals surface area contributed by atoms with E-state index in [1.54, 1.807) is 7.05 Å². The Hall–Kier alpha value is -0.130. The molecule has 0 amide bonds. The number of hydrogen-bond acceptors (Lipinski definition) is 4. The van der Waals surface area contributed by atoms with Gasteiger partial charge < -0.3 is 15.5 Å². The second-order valence-electron chi connectivity index (χ2n) is 6.32. The SMILES string of the molecule is CCN(CC)CCCC(C)NC(=NC)NCCCN(CC)S(C)(=O)=O.I. The molecule has 0 heterocycles. The van der Waals surface area contributed by atoms with Gasteiger partial charge in [-0.05, 0) is 45.8 Å². The van der Waals surface area contributed by atoms with Crippen molar-refractivity contribution in [1.29, 1.82) is 0 Å². The van der Waals surface area contributed by atoms with Crippen LogP contribution in [0.4, 0.5) is 0 Å². The van der Waals surface area contributed by atoms with E-state index in [0.717, 1.165) is 44.9 Å². The minimum atomic E-state index is -3.11. The highest BCUT2D eigenvalue weighted by Gasteiger charge is 2.13. The molecule has 2 N–H and O–H groups in total. The zero-order chi connectivity index (χ0) is 19.3. The molecule has 0 aromatic carbocycles. The summed E-state index contributed by atoms with van der Waals surface area (Å²) < 4.78 is 24.6. The highest BCUT2D eigenvalue weighted by molar-refractivity contribution is 14.0. The Morgan fingerprint density at radius 1 is 1.08 bits per heavy atom. The zero-order valence-corrected chi connectivity index (χ0v) is 20.6. The average Bonchev–Trinajstić information content (AvgIpc) is 2.56. The Bertz CT molecular complexity index is 470. The van der Waals surface area contributed by atoms with Crippen LogP contribution >= 0.6 is 24.0 Å². The highest BCUT2D eigenvalue weighted by Crippen LogP contribution is 2.00. The number of hydrogen-bond donors (Lipinski definition) is 2. The van der Waals surface area contributed by atoms with Gasteiger partial charge in [0.05, 0.1) is 6.26 Å². The van der Waals surface area contributed by atoms with Gasteiger partial charge in [-0.1, -0.05) is 20.8 Å². The molecule has 9 heteroatoms. The van der Waals surface area contributed by atoms with Gasteiger partial charge in [-0.15, -0.1) is 24.0 Å². The third-order valence-corrected chi connectivity index (χ3v) is 5.69. The smallest absolute Gasteiger partial charge is 0.211 e. The molecule has 0 aliphatic rings. The van der Waals surface area contributed by atoms with E-state index in [1.807, 2.05) is 6.92 Å². The van der Waals surface area contributed by atoms with E-state index >= 15 is 0 Å². The molecule has 0 aliphatic carbocycles. The number of nitrogens with zero attached hydrogens (tertiary/aromatic N) is 3. The predicted octanol–water partition coefficient (Wildman–Crippen LogP) is 1.95. The molecule has 0 bridgehead atoms. The molecule has 0 aromatic heterocycles. The van der Waals surface area contributed by atoms with Crippen molar-refractivity contribution >= 4 is 40.0 Å². The number of sulfonamides is 1. The van der Waals surface area contributed by atoms with Gasteiger partial charge in [-0.3, -0.25) is 4.99 Å². The van der Waals surface area contributed by atoms with Crippen LogP contribution in [0.2, 0.25) is 0 Å². The molecule has 0 rings (SSSR count). The molecule has 7 nitrogen and oxygen atoms in total. The molecule has 0 radical (unpaired) electrons. The van der Waals surface area contributed by atoms with Crippen LogP contribution in [0.3, 0.4) is 0 Å². The fourth-order valence-electron chi connectivity index (χ4n) is 2.68. The molecule has 0 saturated carbocycles. The first kappa shape index (κ1) is 28.1. The van der Waals surface area contributed by atoms with Crippen molar-refractivity contribution in [3.8, 4) is 0 Å². The van der Waals surface area contributed by atoms with Crippen molar-refractivity contribution in [3.05, 3.63) is 0 Å². The fourth-order valence-corrected chi connectivity index (χ4v) is 3.61. The number of aliphatic imine (C=N–C) groups is 1. The second-order valence-corrected chi connectivity index (χ2v) is 8.30. The molecule has 0 saturated heterocycles. The van der Waals surface area contributed by atoms with Crippen LogP contribution in [0.25, 0.3) is 0 Å². The standard InChI is InChI=1S/C17H39N5O2S.HI/c1-7-21(8-2)14-10-12-16(4)20-17(18-5)19-13-11-15-22(9-3)25(6,23)24;/h16H,7-15H2,1-6H3,(H2,18,19,20);1H. The Kier molecular flexibility index (Phi) is 17.2. The summed E-state index contributed by atoms with van der Waals surface area (Å²) in [6.45, 7) is 13.5. The summed E-state index contributed by atoms with van der Waals surface area (Å²) in [5.41, 5.74) is 0. The first-order chi connectivity index (χ1) is 11.8. The van der Waals surface area contributed by atoms with E-state index in [2.05, 4.69) is 41.3 Å². The summed E-state index contributed by atoms with van der Waals surface area (Å²) in [5, 5.41) is 6.66. The Labute approximate surface area is 178 Å². The van der Waals surface area contributed by atoms with Crippen molar-refractivity contribution in [2.24, 2.45) is 4.99 Å². The molecule has 0 aromatic rings. The quantitative estimate of drug-likeness (QED) is 0.173.